The van der Waals surface area contributed by atoms with E-state index in [1.165, 1.54) is 11.3 Å². The van der Waals surface area contributed by atoms with E-state index >= 15 is 0 Å². The first-order chi connectivity index (χ1) is 6.20. The molecule has 0 bridgehead atoms. The summed E-state index contributed by atoms with van der Waals surface area (Å²) in [6.07, 6.45) is 0. The molecule has 0 aliphatic carbocycles. The minimum Gasteiger partial charge on any atom is -0.390 e. The number of thiophene rings is 1. The largest absolute Gasteiger partial charge is 0.390 e. The highest BCUT2D eigenvalue weighted by Crippen LogP contribution is 2.07. The van der Waals surface area contributed by atoms with E-state index in [0.717, 1.165) is 10.5 Å². The summed E-state index contributed by atoms with van der Waals surface area (Å²) in [5.74, 6) is 0.413. The number of hydrogen-bond donors (Lipinski definition) is 1. The highest BCUT2D eigenvalue weighted by atomic mass is 32.1. The molecule has 0 spiro atoms. The zero-order valence-electron chi connectivity index (χ0n) is 7.49. The second-order valence-electron chi connectivity index (χ2n) is 2.68. The van der Waals surface area contributed by atoms with Crippen LogP contribution in [0.5, 0.6) is 0 Å². The SMILES string of the molecule is C=C(C)CO/N=C(\N)c1cccs1. The third-order valence-corrected chi connectivity index (χ3v) is 2.14. The Kier molecular flexibility index (Phi) is 3.52. The van der Waals surface area contributed by atoms with Crippen molar-refractivity contribution < 1.29 is 4.84 Å². The third kappa shape index (κ3) is 3.29. The van der Waals surface area contributed by atoms with Crippen LogP contribution in [0.1, 0.15) is 11.8 Å². The van der Waals surface area contributed by atoms with Crippen LogP contribution in [-0.2, 0) is 4.84 Å². The number of nitrogens with two attached hydrogens (primary N) is 1. The minimum absolute atomic E-state index is 0.409. The normalized spacial score (nSPS) is 11.3. The zero-order chi connectivity index (χ0) is 9.68. The van der Waals surface area contributed by atoms with Gasteiger partial charge in [-0.25, -0.2) is 0 Å². The van der Waals surface area contributed by atoms with Crippen molar-refractivity contribution in [3.05, 3.63) is 34.5 Å². The smallest absolute Gasteiger partial charge is 0.180 e. The van der Waals surface area contributed by atoms with Crippen molar-refractivity contribution in [3.8, 4) is 0 Å². The second-order valence-corrected chi connectivity index (χ2v) is 3.63. The second kappa shape index (κ2) is 4.67. The lowest BCUT2D eigenvalue weighted by Gasteiger charge is -1.98. The van der Waals surface area contributed by atoms with Gasteiger partial charge in [0, 0.05) is 0 Å². The Morgan fingerprint density at radius 3 is 3.08 bits per heavy atom. The van der Waals surface area contributed by atoms with Crippen molar-refractivity contribution >= 4 is 17.2 Å². The molecule has 1 aromatic heterocycles. The summed E-state index contributed by atoms with van der Waals surface area (Å²) in [6.45, 7) is 5.96. The van der Waals surface area contributed by atoms with Gasteiger partial charge in [0.05, 0.1) is 4.88 Å². The van der Waals surface area contributed by atoms with Gasteiger partial charge in [0.15, 0.2) is 5.84 Å². The van der Waals surface area contributed by atoms with Gasteiger partial charge in [0.1, 0.15) is 6.61 Å². The summed E-state index contributed by atoms with van der Waals surface area (Å²) in [7, 11) is 0. The minimum atomic E-state index is 0.409. The van der Waals surface area contributed by atoms with Gasteiger partial charge in [0.25, 0.3) is 0 Å². The van der Waals surface area contributed by atoms with Gasteiger partial charge >= 0.3 is 0 Å². The van der Waals surface area contributed by atoms with Crippen LogP contribution >= 0.6 is 11.3 Å². The van der Waals surface area contributed by atoms with Crippen LogP contribution in [0.2, 0.25) is 0 Å². The molecule has 0 saturated heterocycles. The molecule has 0 unspecified atom stereocenters. The van der Waals surface area contributed by atoms with Crippen LogP contribution in [0.15, 0.2) is 34.8 Å². The number of oxime groups is 1. The fourth-order valence-corrected chi connectivity index (χ4v) is 1.30. The van der Waals surface area contributed by atoms with E-state index in [-0.39, 0.29) is 0 Å². The molecule has 0 radical (unpaired) electrons. The fourth-order valence-electron chi connectivity index (χ4n) is 0.681. The van der Waals surface area contributed by atoms with Crippen LogP contribution in [0, 0.1) is 0 Å². The summed E-state index contributed by atoms with van der Waals surface area (Å²) in [4.78, 5) is 5.87. The van der Waals surface area contributed by atoms with Crippen LogP contribution in [0.25, 0.3) is 0 Å². The lowest BCUT2D eigenvalue weighted by Crippen LogP contribution is -2.12. The van der Waals surface area contributed by atoms with E-state index in [1.807, 2.05) is 24.4 Å². The van der Waals surface area contributed by atoms with Crippen molar-refractivity contribution in [1.82, 2.24) is 0 Å². The van der Waals surface area contributed by atoms with Gasteiger partial charge in [0.2, 0.25) is 0 Å². The van der Waals surface area contributed by atoms with Crippen LogP contribution in [-0.4, -0.2) is 12.4 Å². The number of rotatable bonds is 4. The van der Waals surface area contributed by atoms with Crippen molar-refractivity contribution in [3.63, 3.8) is 0 Å². The Balaban J connectivity index is 2.48. The lowest BCUT2D eigenvalue weighted by molar-refractivity contribution is 0.168. The monoisotopic (exact) mass is 196 g/mol. The summed E-state index contributed by atoms with van der Waals surface area (Å²) in [5.41, 5.74) is 6.55. The molecule has 0 atom stereocenters. The number of hydrogen-bond acceptors (Lipinski definition) is 3. The first-order valence-corrected chi connectivity index (χ1v) is 4.72. The number of nitrogens with zero attached hydrogens (tertiary/aromatic N) is 1. The predicted molar refractivity (Wildman–Crippen MR) is 55.8 cm³/mol. The summed E-state index contributed by atoms with van der Waals surface area (Å²) < 4.78 is 0. The van der Waals surface area contributed by atoms with E-state index in [1.54, 1.807) is 0 Å². The molecule has 0 aliphatic rings. The van der Waals surface area contributed by atoms with E-state index in [9.17, 15) is 0 Å². The average Bonchev–Trinajstić information content (AvgIpc) is 2.55. The van der Waals surface area contributed by atoms with Gasteiger partial charge in [-0.15, -0.1) is 11.3 Å². The highest BCUT2D eigenvalue weighted by Gasteiger charge is 1.98. The molecule has 2 N–H and O–H groups in total. The maximum absolute atomic E-state index is 5.63. The number of amidine groups is 1. The Bertz CT molecular complexity index is 303. The molecule has 1 rings (SSSR count). The molecule has 1 heterocycles. The molecule has 0 fully saturated rings. The van der Waals surface area contributed by atoms with Crippen LogP contribution in [0.3, 0.4) is 0 Å². The van der Waals surface area contributed by atoms with Crippen molar-refractivity contribution in [2.45, 2.75) is 6.92 Å². The van der Waals surface area contributed by atoms with E-state index in [0.29, 0.717) is 12.4 Å². The van der Waals surface area contributed by atoms with Crippen LogP contribution < -0.4 is 5.73 Å². The molecular weight excluding hydrogens is 184 g/mol. The Morgan fingerprint density at radius 2 is 2.54 bits per heavy atom. The molecule has 13 heavy (non-hydrogen) atoms. The summed E-state index contributed by atoms with van der Waals surface area (Å²) in [5, 5.41) is 5.69. The first kappa shape index (κ1) is 9.80. The average molecular weight is 196 g/mol. The lowest BCUT2D eigenvalue weighted by atomic mass is 10.4. The highest BCUT2D eigenvalue weighted by molar-refractivity contribution is 7.12. The topological polar surface area (TPSA) is 47.6 Å². The molecule has 1 aromatic rings. The molecule has 0 aliphatic heterocycles. The fraction of sp³-hybridized carbons (Fsp3) is 0.222. The third-order valence-electron chi connectivity index (χ3n) is 1.25. The van der Waals surface area contributed by atoms with E-state index in [2.05, 4.69) is 11.7 Å². The van der Waals surface area contributed by atoms with Crippen molar-refractivity contribution in [1.29, 1.82) is 0 Å². The molecule has 4 heteroatoms. The van der Waals surface area contributed by atoms with Crippen molar-refractivity contribution in [2.24, 2.45) is 10.9 Å². The van der Waals surface area contributed by atoms with Gasteiger partial charge in [-0.1, -0.05) is 17.8 Å². The Labute approximate surface area is 81.5 Å². The molecule has 0 saturated carbocycles. The van der Waals surface area contributed by atoms with Gasteiger partial charge in [-0.3, -0.25) is 0 Å². The first-order valence-electron chi connectivity index (χ1n) is 3.84. The quantitative estimate of drug-likeness (QED) is 0.346. The molecular formula is C9H12N2OS. The summed E-state index contributed by atoms with van der Waals surface area (Å²) in [6, 6.07) is 3.81. The molecule has 70 valence electrons. The standard InChI is InChI=1S/C9H12N2OS/c1-7(2)6-12-11-9(10)8-4-3-5-13-8/h3-5H,1,6H2,2H3,(H2,10,11). The Hall–Kier alpha value is -1.29. The zero-order valence-corrected chi connectivity index (χ0v) is 8.30. The van der Waals surface area contributed by atoms with Crippen molar-refractivity contribution in [2.75, 3.05) is 6.61 Å². The molecule has 0 aromatic carbocycles. The summed E-state index contributed by atoms with van der Waals surface area (Å²) >= 11 is 1.53. The van der Waals surface area contributed by atoms with E-state index < -0.39 is 0 Å². The Morgan fingerprint density at radius 1 is 1.77 bits per heavy atom. The molecule has 3 nitrogen and oxygen atoms in total. The maximum Gasteiger partial charge on any atom is 0.180 e. The predicted octanol–water partition coefficient (Wildman–Crippen LogP) is 1.96. The van der Waals surface area contributed by atoms with E-state index in [4.69, 9.17) is 10.6 Å². The van der Waals surface area contributed by atoms with Gasteiger partial charge < -0.3 is 10.6 Å². The van der Waals surface area contributed by atoms with Crippen LogP contribution in [0.4, 0.5) is 0 Å². The van der Waals surface area contributed by atoms with Gasteiger partial charge in [-0.2, -0.15) is 0 Å². The molecule has 0 amide bonds. The maximum atomic E-state index is 5.63. The van der Waals surface area contributed by atoms with Gasteiger partial charge in [-0.05, 0) is 23.9 Å².